The Bertz CT molecular complexity index is 694. The van der Waals surface area contributed by atoms with Crippen LogP contribution in [0.5, 0.6) is 0 Å². The molecule has 4 heterocycles. The molecular weight excluding hydrogens is 314 g/mol. The van der Waals surface area contributed by atoms with Crippen LogP contribution >= 0.6 is 0 Å². The lowest BCUT2D eigenvalue weighted by Gasteiger charge is -2.35. The Labute approximate surface area is 149 Å². The number of hydrogen-bond donors (Lipinski definition) is 0. The number of aromatic nitrogens is 1. The number of rotatable bonds is 4. The summed E-state index contributed by atoms with van der Waals surface area (Å²) in [7, 11) is 0. The number of fused-ring (bicyclic) bond motifs is 4. The number of pyridine rings is 1. The molecule has 5 nitrogen and oxygen atoms in total. The zero-order valence-corrected chi connectivity index (χ0v) is 15.4. The predicted octanol–water partition coefficient (Wildman–Crippen LogP) is 2.67. The Balaban J connectivity index is 1.80. The van der Waals surface area contributed by atoms with Crippen molar-refractivity contribution in [1.29, 1.82) is 0 Å². The molecule has 0 aliphatic carbocycles. The van der Waals surface area contributed by atoms with E-state index in [4.69, 9.17) is 0 Å². The Morgan fingerprint density at radius 3 is 2.84 bits per heavy atom. The molecule has 2 amide bonds. The summed E-state index contributed by atoms with van der Waals surface area (Å²) in [6.07, 6.45) is 6.47. The first-order valence-corrected chi connectivity index (χ1v) is 9.17. The van der Waals surface area contributed by atoms with E-state index >= 15 is 0 Å². The predicted molar refractivity (Wildman–Crippen MR) is 97.2 cm³/mol. The number of carbonyl (C=O) groups is 2. The number of hydrogen-bond acceptors (Lipinski definition) is 3. The molecule has 3 saturated heterocycles. The number of amides is 2. The molecule has 0 radical (unpaired) electrons. The van der Waals surface area contributed by atoms with Gasteiger partial charge in [-0.1, -0.05) is 18.6 Å². The molecule has 2 bridgehead atoms. The average Bonchev–Trinajstić information content (AvgIpc) is 2.90. The van der Waals surface area contributed by atoms with Crippen molar-refractivity contribution in [3.05, 3.63) is 41.2 Å². The number of aryl methyl sites for hydroxylation is 1. The minimum atomic E-state index is -0.0688. The maximum atomic E-state index is 13.0. The van der Waals surface area contributed by atoms with Gasteiger partial charge in [-0.15, -0.1) is 0 Å². The first-order chi connectivity index (χ1) is 12.0. The van der Waals surface area contributed by atoms with E-state index in [1.807, 2.05) is 36.6 Å². The quantitative estimate of drug-likeness (QED) is 0.791. The van der Waals surface area contributed by atoms with Gasteiger partial charge in [0, 0.05) is 43.1 Å². The van der Waals surface area contributed by atoms with E-state index in [-0.39, 0.29) is 23.8 Å². The Morgan fingerprint density at radius 2 is 2.12 bits per heavy atom. The Morgan fingerprint density at radius 1 is 1.32 bits per heavy atom. The summed E-state index contributed by atoms with van der Waals surface area (Å²) in [6, 6.07) is 3.77. The van der Waals surface area contributed by atoms with Gasteiger partial charge in [0.25, 0.3) is 5.91 Å². The molecule has 134 valence electrons. The third-order valence-electron chi connectivity index (χ3n) is 5.20. The number of piperidine rings is 1. The second-order valence-electron chi connectivity index (χ2n) is 7.30. The third-order valence-corrected chi connectivity index (χ3v) is 5.20. The smallest absolute Gasteiger partial charge is 0.254 e. The summed E-state index contributed by atoms with van der Waals surface area (Å²) in [6.45, 7) is 7.93. The van der Waals surface area contributed by atoms with Crippen molar-refractivity contribution in [3.8, 4) is 0 Å². The SMILES string of the molecule is CCc1cc(C(=O)N2C[C@@H]3CC[C@H](C2)N(CC=C(C)C)C3=O)ccn1. The first kappa shape index (κ1) is 17.6. The molecule has 0 spiro atoms. The molecule has 25 heavy (non-hydrogen) atoms. The van der Waals surface area contributed by atoms with E-state index in [2.05, 4.69) is 11.1 Å². The molecular formula is C20H27N3O2. The summed E-state index contributed by atoms with van der Waals surface area (Å²) in [5.41, 5.74) is 2.81. The fraction of sp³-hybridized carbons (Fsp3) is 0.550. The Kier molecular flexibility index (Phi) is 5.21. The summed E-state index contributed by atoms with van der Waals surface area (Å²) < 4.78 is 0. The van der Waals surface area contributed by atoms with Crippen molar-refractivity contribution in [2.75, 3.05) is 19.6 Å². The highest BCUT2D eigenvalue weighted by molar-refractivity contribution is 5.95. The zero-order valence-electron chi connectivity index (χ0n) is 15.4. The zero-order chi connectivity index (χ0) is 18.0. The average molecular weight is 341 g/mol. The summed E-state index contributed by atoms with van der Waals surface area (Å²) in [4.78, 5) is 33.9. The van der Waals surface area contributed by atoms with E-state index in [9.17, 15) is 9.59 Å². The van der Waals surface area contributed by atoms with Crippen LogP contribution in [-0.4, -0.2) is 52.3 Å². The van der Waals surface area contributed by atoms with Gasteiger partial charge >= 0.3 is 0 Å². The highest BCUT2D eigenvalue weighted by atomic mass is 16.2. The third kappa shape index (κ3) is 3.75. The van der Waals surface area contributed by atoms with Gasteiger partial charge < -0.3 is 9.80 Å². The summed E-state index contributed by atoms with van der Waals surface area (Å²) >= 11 is 0. The molecule has 1 aromatic heterocycles. The topological polar surface area (TPSA) is 53.5 Å². The molecule has 4 rings (SSSR count). The van der Waals surface area contributed by atoms with Gasteiger partial charge in [-0.2, -0.15) is 0 Å². The Hall–Kier alpha value is -2.17. The van der Waals surface area contributed by atoms with E-state index in [0.29, 0.717) is 25.2 Å². The summed E-state index contributed by atoms with van der Waals surface area (Å²) in [5, 5.41) is 0. The lowest BCUT2D eigenvalue weighted by Crippen LogP contribution is -2.48. The van der Waals surface area contributed by atoms with Gasteiger partial charge in [0.1, 0.15) is 0 Å². The van der Waals surface area contributed by atoms with E-state index in [1.165, 1.54) is 5.57 Å². The minimum absolute atomic E-state index is 0.0193. The molecule has 3 fully saturated rings. The lowest BCUT2D eigenvalue weighted by molar-refractivity contribution is -0.139. The van der Waals surface area contributed by atoms with Crippen LogP contribution in [0.1, 0.15) is 49.7 Å². The fourth-order valence-electron chi connectivity index (χ4n) is 3.71. The standard InChI is InChI=1S/C20H27N3O2/c1-4-17-11-15(7-9-21-17)19(24)22-12-16-5-6-18(13-22)23(20(16)25)10-8-14(2)3/h7-9,11,16,18H,4-6,10,12-13H2,1-3H3/t16-,18+/m0/s1. The largest absolute Gasteiger partial charge is 0.336 e. The van der Waals surface area contributed by atoms with Crippen LogP contribution in [0.25, 0.3) is 0 Å². The second-order valence-corrected chi connectivity index (χ2v) is 7.30. The van der Waals surface area contributed by atoms with Crippen LogP contribution in [0.15, 0.2) is 30.0 Å². The molecule has 0 N–H and O–H groups in total. The van der Waals surface area contributed by atoms with Crippen molar-refractivity contribution in [3.63, 3.8) is 0 Å². The van der Waals surface area contributed by atoms with Crippen molar-refractivity contribution in [1.82, 2.24) is 14.8 Å². The molecule has 1 aromatic rings. The molecule has 0 unspecified atom stereocenters. The van der Waals surface area contributed by atoms with Crippen LogP contribution in [-0.2, 0) is 11.2 Å². The second kappa shape index (κ2) is 7.38. The van der Waals surface area contributed by atoms with Crippen LogP contribution < -0.4 is 0 Å². The normalized spacial score (nSPS) is 22.8. The molecule has 2 atom stereocenters. The van der Waals surface area contributed by atoms with Gasteiger partial charge in [0.05, 0.1) is 5.92 Å². The van der Waals surface area contributed by atoms with Gasteiger partial charge in [-0.25, -0.2) is 0 Å². The summed E-state index contributed by atoms with van der Waals surface area (Å²) in [5.74, 6) is 0.152. The minimum Gasteiger partial charge on any atom is -0.336 e. The lowest BCUT2D eigenvalue weighted by atomic mass is 9.94. The maximum Gasteiger partial charge on any atom is 0.254 e. The molecule has 0 saturated carbocycles. The van der Waals surface area contributed by atoms with Crippen molar-refractivity contribution < 1.29 is 9.59 Å². The molecule has 3 aliphatic heterocycles. The molecule has 3 aliphatic rings. The van der Waals surface area contributed by atoms with E-state index in [1.54, 1.807) is 12.3 Å². The highest BCUT2D eigenvalue weighted by Crippen LogP contribution is 2.30. The highest BCUT2D eigenvalue weighted by Gasteiger charge is 2.41. The molecule has 5 heteroatoms. The van der Waals surface area contributed by atoms with E-state index in [0.717, 1.165) is 25.0 Å². The van der Waals surface area contributed by atoms with Crippen LogP contribution in [0.3, 0.4) is 0 Å². The van der Waals surface area contributed by atoms with Gasteiger partial charge in [-0.3, -0.25) is 14.6 Å². The van der Waals surface area contributed by atoms with Crippen LogP contribution in [0.4, 0.5) is 0 Å². The molecule has 0 aromatic carbocycles. The van der Waals surface area contributed by atoms with Crippen LogP contribution in [0.2, 0.25) is 0 Å². The van der Waals surface area contributed by atoms with Crippen molar-refractivity contribution >= 4 is 11.8 Å². The monoisotopic (exact) mass is 341 g/mol. The van der Waals surface area contributed by atoms with Gasteiger partial charge in [0.2, 0.25) is 5.91 Å². The van der Waals surface area contributed by atoms with E-state index < -0.39 is 0 Å². The van der Waals surface area contributed by atoms with Gasteiger partial charge in [-0.05, 0) is 45.2 Å². The number of allylic oxidation sites excluding steroid dienone is 1. The number of carbonyl (C=O) groups excluding carboxylic acids is 2. The van der Waals surface area contributed by atoms with Gasteiger partial charge in [0.15, 0.2) is 0 Å². The fourth-order valence-corrected chi connectivity index (χ4v) is 3.71. The number of nitrogens with zero attached hydrogens (tertiary/aromatic N) is 3. The first-order valence-electron chi connectivity index (χ1n) is 9.17. The van der Waals surface area contributed by atoms with Crippen LogP contribution in [0, 0.1) is 5.92 Å². The van der Waals surface area contributed by atoms with Crippen molar-refractivity contribution in [2.45, 2.75) is 46.1 Å². The maximum absolute atomic E-state index is 13.0. The van der Waals surface area contributed by atoms with Crippen molar-refractivity contribution in [2.24, 2.45) is 5.92 Å².